The van der Waals surface area contributed by atoms with Crippen molar-refractivity contribution < 1.29 is 9.70 Å². The van der Waals surface area contributed by atoms with Crippen molar-refractivity contribution in [3.8, 4) is 0 Å². The molecule has 0 amide bonds. The zero-order valence-electron chi connectivity index (χ0n) is 10.1. The molecule has 0 spiro atoms. The van der Waals surface area contributed by atoms with Crippen LogP contribution in [0.15, 0.2) is 0 Å². The Labute approximate surface area is 88.7 Å². The van der Waals surface area contributed by atoms with Crippen LogP contribution in [0, 0.1) is 0 Å². The lowest BCUT2D eigenvalue weighted by atomic mass is 10.2. The van der Waals surface area contributed by atoms with Gasteiger partial charge in [0.1, 0.15) is 0 Å². The monoisotopic (exact) mass is 203 g/mol. The predicted octanol–water partition coefficient (Wildman–Crippen LogP) is 1.53. The van der Waals surface area contributed by atoms with Crippen molar-refractivity contribution in [3.05, 3.63) is 0 Å². The quantitative estimate of drug-likeness (QED) is 0.338. The minimum atomic E-state index is 0.296. The Kier molecular flexibility index (Phi) is 8.14. The summed E-state index contributed by atoms with van der Waals surface area (Å²) in [6.07, 6.45) is 4.71. The zero-order chi connectivity index (χ0) is 10.9. The Morgan fingerprint density at radius 1 is 1.14 bits per heavy atom. The molecule has 0 fully saturated rings. The fourth-order valence-corrected chi connectivity index (χ4v) is 1.49. The van der Waals surface area contributed by atoms with Crippen LogP contribution in [-0.2, 0) is 0 Å². The van der Waals surface area contributed by atoms with Crippen molar-refractivity contribution in [3.63, 3.8) is 0 Å². The van der Waals surface area contributed by atoms with Gasteiger partial charge < -0.3 is 5.11 Å². The van der Waals surface area contributed by atoms with Gasteiger partial charge in [-0.25, -0.2) is 4.59 Å². The van der Waals surface area contributed by atoms with E-state index in [4.69, 9.17) is 5.11 Å². The van der Waals surface area contributed by atoms with Crippen LogP contribution >= 0.6 is 0 Å². The van der Waals surface area contributed by atoms with Crippen molar-refractivity contribution in [2.45, 2.75) is 39.5 Å². The first-order chi connectivity index (χ1) is 6.68. The number of unbranched alkanes of at least 4 members (excludes halogenated alkanes) is 2. The summed E-state index contributed by atoms with van der Waals surface area (Å²) >= 11 is 0. The van der Waals surface area contributed by atoms with E-state index >= 15 is 0 Å². The number of quaternary nitrogens is 1. The third kappa shape index (κ3) is 6.35. The SMILES string of the molecule is CCCCCN[N+](C)(CC)CCCO. The minimum Gasteiger partial charge on any atom is -0.396 e. The van der Waals surface area contributed by atoms with Crippen LogP contribution < -0.4 is 5.43 Å². The van der Waals surface area contributed by atoms with Gasteiger partial charge in [-0.2, -0.15) is 5.43 Å². The minimum absolute atomic E-state index is 0.296. The molecule has 0 saturated heterocycles. The summed E-state index contributed by atoms with van der Waals surface area (Å²) in [4.78, 5) is 0. The largest absolute Gasteiger partial charge is 0.396 e. The molecule has 2 N–H and O–H groups in total. The van der Waals surface area contributed by atoms with Crippen molar-refractivity contribution in [1.82, 2.24) is 5.43 Å². The lowest BCUT2D eigenvalue weighted by Crippen LogP contribution is -2.55. The van der Waals surface area contributed by atoms with Crippen LogP contribution in [-0.4, -0.2) is 43.0 Å². The molecule has 0 aromatic carbocycles. The first kappa shape index (κ1) is 13.9. The van der Waals surface area contributed by atoms with Gasteiger partial charge in [0.2, 0.25) is 0 Å². The summed E-state index contributed by atoms with van der Waals surface area (Å²) in [6, 6.07) is 0. The molecule has 0 bridgehead atoms. The molecule has 0 aliphatic rings. The van der Waals surface area contributed by atoms with E-state index in [1.165, 1.54) is 19.3 Å². The van der Waals surface area contributed by atoms with E-state index in [1.54, 1.807) is 0 Å². The third-order valence-electron chi connectivity index (χ3n) is 2.78. The summed E-state index contributed by atoms with van der Waals surface area (Å²) in [7, 11) is 2.20. The first-order valence-corrected chi connectivity index (χ1v) is 5.89. The van der Waals surface area contributed by atoms with E-state index in [1.807, 2.05) is 0 Å². The highest BCUT2D eigenvalue weighted by Crippen LogP contribution is 2.00. The molecule has 0 aliphatic heterocycles. The molecule has 1 atom stereocenters. The van der Waals surface area contributed by atoms with Gasteiger partial charge >= 0.3 is 0 Å². The van der Waals surface area contributed by atoms with Crippen molar-refractivity contribution in [1.29, 1.82) is 0 Å². The molecule has 0 aromatic heterocycles. The van der Waals surface area contributed by atoms with Crippen LogP contribution in [0.3, 0.4) is 0 Å². The highest BCUT2D eigenvalue weighted by molar-refractivity contribution is 4.40. The van der Waals surface area contributed by atoms with Crippen molar-refractivity contribution >= 4 is 0 Å². The van der Waals surface area contributed by atoms with E-state index in [2.05, 4.69) is 26.3 Å². The second kappa shape index (κ2) is 8.21. The van der Waals surface area contributed by atoms with Gasteiger partial charge in [-0.1, -0.05) is 19.8 Å². The molecule has 86 valence electrons. The lowest BCUT2D eigenvalue weighted by Gasteiger charge is -2.32. The second-order valence-electron chi connectivity index (χ2n) is 4.13. The summed E-state index contributed by atoms with van der Waals surface area (Å²) in [5.74, 6) is 0. The number of aliphatic hydroxyl groups excluding tert-OH is 1. The molecular weight excluding hydrogens is 176 g/mol. The summed E-state index contributed by atoms with van der Waals surface area (Å²) in [6.45, 7) is 7.88. The maximum absolute atomic E-state index is 8.80. The van der Waals surface area contributed by atoms with Crippen LogP contribution in [0.5, 0.6) is 0 Å². The average Bonchev–Trinajstić information content (AvgIpc) is 2.22. The Bertz CT molecular complexity index is 130. The van der Waals surface area contributed by atoms with E-state index in [-0.39, 0.29) is 0 Å². The van der Waals surface area contributed by atoms with Crippen LogP contribution in [0.4, 0.5) is 0 Å². The number of rotatable bonds is 9. The van der Waals surface area contributed by atoms with Gasteiger partial charge in [-0.05, 0) is 13.3 Å². The van der Waals surface area contributed by atoms with Crippen molar-refractivity contribution in [2.75, 3.05) is 33.3 Å². The third-order valence-corrected chi connectivity index (χ3v) is 2.78. The van der Waals surface area contributed by atoms with Crippen LogP contribution in [0.1, 0.15) is 39.5 Å². The van der Waals surface area contributed by atoms with E-state index in [0.29, 0.717) is 6.61 Å². The Morgan fingerprint density at radius 2 is 1.86 bits per heavy atom. The van der Waals surface area contributed by atoms with Gasteiger partial charge in [-0.15, -0.1) is 0 Å². The van der Waals surface area contributed by atoms with Gasteiger partial charge in [-0.3, -0.25) is 0 Å². The Morgan fingerprint density at radius 3 is 2.36 bits per heavy atom. The molecule has 3 heteroatoms. The normalized spacial score (nSPS) is 15.4. The highest BCUT2D eigenvalue weighted by atomic mass is 16.3. The molecule has 14 heavy (non-hydrogen) atoms. The van der Waals surface area contributed by atoms with Crippen LogP contribution in [0.2, 0.25) is 0 Å². The van der Waals surface area contributed by atoms with Gasteiger partial charge in [0.15, 0.2) is 0 Å². The zero-order valence-corrected chi connectivity index (χ0v) is 10.1. The summed E-state index contributed by atoms with van der Waals surface area (Å²) in [5, 5.41) is 8.80. The molecule has 0 radical (unpaired) electrons. The second-order valence-corrected chi connectivity index (χ2v) is 4.13. The van der Waals surface area contributed by atoms with E-state index in [9.17, 15) is 0 Å². The standard InChI is InChI=1S/C11H27N2O/c1-4-6-7-9-12-13(3,5-2)10-8-11-14/h12,14H,4-11H2,1-3H3/q+1. The number of hydrogen-bond donors (Lipinski definition) is 2. The molecule has 0 saturated carbocycles. The number of hydrogen-bond acceptors (Lipinski definition) is 2. The molecule has 0 aliphatic carbocycles. The molecule has 0 rings (SSSR count). The fraction of sp³-hybridized carbons (Fsp3) is 1.00. The highest BCUT2D eigenvalue weighted by Gasteiger charge is 2.17. The number of nitrogens with one attached hydrogen (secondary N) is 1. The smallest absolute Gasteiger partial charge is 0.0982 e. The summed E-state index contributed by atoms with van der Waals surface area (Å²) < 4.78 is 0.879. The van der Waals surface area contributed by atoms with Gasteiger partial charge in [0.25, 0.3) is 0 Å². The van der Waals surface area contributed by atoms with Crippen molar-refractivity contribution in [2.24, 2.45) is 0 Å². The van der Waals surface area contributed by atoms with E-state index in [0.717, 1.165) is 30.6 Å². The average molecular weight is 203 g/mol. The molecule has 3 nitrogen and oxygen atoms in total. The van der Waals surface area contributed by atoms with Crippen LogP contribution in [0.25, 0.3) is 0 Å². The molecule has 0 heterocycles. The first-order valence-electron chi connectivity index (χ1n) is 5.89. The summed E-state index contributed by atoms with van der Waals surface area (Å²) in [5.41, 5.74) is 3.54. The number of nitrogens with zero attached hydrogens (tertiary/aromatic N) is 1. The Balaban J connectivity index is 3.63. The maximum atomic E-state index is 8.80. The maximum Gasteiger partial charge on any atom is 0.0982 e. The topological polar surface area (TPSA) is 32.3 Å². The lowest BCUT2D eigenvalue weighted by molar-refractivity contribution is -0.950. The molecule has 0 aromatic rings. The molecular formula is C11H27N2O+. The Hall–Kier alpha value is -0.120. The van der Waals surface area contributed by atoms with Gasteiger partial charge in [0, 0.05) is 19.6 Å². The number of aliphatic hydroxyl groups is 1. The van der Waals surface area contributed by atoms with E-state index < -0.39 is 0 Å². The predicted molar refractivity (Wildman–Crippen MR) is 60.8 cm³/mol. The van der Waals surface area contributed by atoms with Gasteiger partial charge in [0.05, 0.1) is 20.1 Å². The fourth-order valence-electron chi connectivity index (χ4n) is 1.49. The molecule has 1 unspecified atom stereocenters.